The van der Waals surface area contributed by atoms with Gasteiger partial charge < -0.3 is 0 Å². The van der Waals surface area contributed by atoms with Crippen LogP contribution in [0.25, 0.3) is 0 Å². The van der Waals surface area contributed by atoms with Gasteiger partial charge in [0.15, 0.2) is 0 Å². The van der Waals surface area contributed by atoms with Crippen molar-refractivity contribution in [3.63, 3.8) is 0 Å². The molecule has 1 heterocycles. The smallest absolute Gasteiger partial charge is 0.131 e. The Bertz CT molecular complexity index is 1220. The first kappa shape index (κ1) is 32.1. The standard InChI is InChI=1S/C30H45NSi5/c1-32(2,3)21-16-26-27(17-22-33(4,5)6)29(19-24-35(10,11)12)31-30(20-25-36(13,14)15)28(26)18-23-34(7,8)9/h1-15H3. The van der Waals surface area contributed by atoms with E-state index >= 15 is 0 Å². The van der Waals surface area contributed by atoms with Crippen LogP contribution in [0.2, 0.25) is 98.2 Å². The van der Waals surface area contributed by atoms with Crippen molar-refractivity contribution in [2.24, 2.45) is 0 Å². The molecule has 0 amide bonds. The minimum Gasteiger partial charge on any atom is -0.228 e. The summed E-state index contributed by atoms with van der Waals surface area (Å²) in [5.74, 6) is 17.4. The molecule has 0 atom stereocenters. The first-order chi connectivity index (χ1) is 16.0. The van der Waals surface area contributed by atoms with E-state index in [4.69, 9.17) is 4.98 Å². The zero-order valence-electron chi connectivity index (χ0n) is 25.4. The van der Waals surface area contributed by atoms with Crippen LogP contribution >= 0.6 is 0 Å². The Balaban J connectivity index is 4.45. The lowest BCUT2D eigenvalue weighted by atomic mass is 9.99. The summed E-state index contributed by atoms with van der Waals surface area (Å²) in [7, 11) is -8.20. The SMILES string of the molecule is C[Si](C)(C)C#Cc1nc(C#C[Si](C)(C)C)c(C#C[Si](C)(C)C)c(C#C[Si](C)(C)C)c1C#C[Si](C)(C)C. The van der Waals surface area contributed by atoms with Crippen molar-refractivity contribution in [3.8, 4) is 57.3 Å². The second kappa shape index (κ2) is 11.6. The fourth-order valence-corrected chi connectivity index (χ4v) is 4.86. The molecule has 0 saturated carbocycles. The summed E-state index contributed by atoms with van der Waals surface area (Å²) in [6.07, 6.45) is 0. The normalized spacial score (nSPS) is 11.8. The molecule has 1 aromatic rings. The maximum atomic E-state index is 5.05. The summed E-state index contributed by atoms with van der Waals surface area (Å²) in [4.78, 5) is 5.05. The molecule has 0 aromatic carbocycles. The molecule has 0 saturated heterocycles. The van der Waals surface area contributed by atoms with Crippen LogP contribution in [0.5, 0.6) is 0 Å². The lowest BCUT2D eigenvalue weighted by Gasteiger charge is -2.12. The van der Waals surface area contributed by atoms with Gasteiger partial charge in [-0.2, -0.15) is 0 Å². The number of pyridine rings is 1. The number of hydrogen-bond donors (Lipinski definition) is 0. The van der Waals surface area contributed by atoms with E-state index in [1.54, 1.807) is 0 Å². The van der Waals surface area contributed by atoms with Gasteiger partial charge in [0.05, 0.1) is 16.7 Å². The van der Waals surface area contributed by atoms with E-state index in [2.05, 4.69) is 156 Å². The lowest BCUT2D eigenvalue weighted by Crippen LogP contribution is -2.19. The molecule has 36 heavy (non-hydrogen) atoms. The quantitative estimate of drug-likeness (QED) is 0.241. The fraction of sp³-hybridized carbons (Fsp3) is 0.500. The van der Waals surface area contributed by atoms with Crippen LogP contribution in [0.3, 0.4) is 0 Å². The summed E-state index contributed by atoms with van der Waals surface area (Å²) in [5.41, 5.74) is 21.7. The van der Waals surface area contributed by atoms with Gasteiger partial charge in [0, 0.05) is 0 Å². The minimum absolute atomic E-state index is 0.710. The van der Waals surface area contributed by atoms with E-state index in [0.717, 1.165) is 16.7 Å². The number of aromatic nitrogens is 1. The van der Waals surface area contributed by atoms with Gasteiger partial charge in [-0.05, 0) is 0 Å². The molecule has 0 aliphatic heterocycles. The van der Waals surface area contributed by atoms with E-state index < -0.39 is 40.4 Å². The van der Waals surface area contributed by atoms with E-state index in [-0.39, 0.29) is 0 Å². The molecule has 6 heteroatoms. The lowest BCUT2D eigenvalue weighted by molar-refractivity contribution is 1.21. The Morgan fingerprint density at radius 1 is 0.333 bits per heavy atom. The van der Waals surface area contributed by atoms with Crippen molar-refractivity contribution in [1.29, 1.82) is 0 Å². The van der Waals surface area contributed by atoms with Gasteiger partial charge in [0.2, 0.25) is 0 Å². The molecule has 1 rings (SSSR count). The molecular formula is C30H45NSi5. The third kappa shape index (κ3) is 13.4. The first-order valence-corrected chi connectivity index (χ1v) is 30.2. The second-order valence-corrected chi connectivity index (χ2v) is 38.2. The molecule has 0 bridgehead atoms. The first-order valence-electron chi connectivity index (χ1n) is 12.7. The number of rotatable bonds is 0. The Labute approximate surface area is 228 Å². The number of hydrogen-bond acceptors (Lipinski definition) is 1. The predicted molar refractivity (Wildman–Crippen MR) is 175 cm³/mol. The van der Waals surface area contributed by atoms with Crippen molar-refractivity contribution < 1.29 is 0 Å². The zero-order valence-corrected chi connectivity index (χ0v) is 30.4. The molecule has 190 valence electrons. The Morgan fingerprint density at radius 3 is 0.806 bits per heavy atom. The molecular weight excluding hydrogens is 515 g/mol. The average molecular weight is 560 g/mol. The van der Waals surface area contributed by atoms with E-state index in [1.165, 1.54) is 0 Å². The maximum absolute atomic E-state index is 5.05. The molecule has 0 aliphatic carbocycles. The highest BCUT2D eigenvalue weighted by atomic mass is 28.3. The van der Waals surface area contributed by atoms with Crippen LogP contribution < -0.4 is 0 Å². The third-order valence-corrected chi connectivity index (χ3v) is 8.37. The molecule has 0 N–H and O–H groups in total. The van der Waals surface area contributed by atoms with Crippen LogP contribution in [0.4, 0.5) is 0 Å². The van der Waals surface area contributed by atoms with Crippen LogP contribution in [-0.4, -0.2) is 45.4 Å². The van der Waals surface area contributed by atoms with E-state index in [0.29, 0.717) is 11.4 Å². The molecule has 1 aromatic heterocycles. The third-order valence-electron chi connectivity index (χ3n) is 4.00. The molecule has 0 unspecified atom stereocenters. The van der Waals surface area contributed by atoms with Gasteiger partial charge in [0.25, 0.3) is 0 Å². The van der Waals surface area contributed by atoms with Crippen molar-refractivity contribution in [3.05, 3.63) is 28.1 Å². The highest BCUT2D eigenvalue weighted by Crippen LogP contribution is 2.21. The molecule has 1 nitrogen and oxygen atoms in total. The summed E-state index contributed by atoms with van der Waals surface area (Å²) in [6.45, 7) is 33.8. The van der Waals surface area contributed by atoms with Gasteiger partial charge in [-0.15, -0.1) is 27.7 Å². The van der Waals surface area contributed by atoms with Gasteiger partial charge in [-0.25, -0.2) is 4.98 Å². The van der Waals surface area contributed by atoms with Crippen molar-refractivity contribution in [1.82, 2.24) is 4.98 Å². The topological polar surface area (TPSA) is 12.9 Å². The second-order valence-electron chi connectivity index (χ2n) is 14.4. The average Bonchev–Trinajstić information content (AvgIpc) is 2.63. The maximum Gasteiger partial charge on any atom is 0.131 e. The van der Waals surface area contributed by atoms with E-state index in [1.807, 2.05) is 0 Å². The van der Waals surface area contributed by atoms with Crippen LogP contribution in [0.1, 0.15) is 28.1 Å². The van der Waals surface area contributed by atoms with Crippen LogP contribution in [0, 0.1) is 57.3 Å². The summed E-state index contributed by atoms with van der Waals surface area (Å²) < 4.78 is 0. The Hall–Kier alpha value is -1.97. The van der Waals surface area contributed by atoms with Gasteiger partial charge in [-0.3, -0.25) is 0 Å². The Kier molecular flexibility index (Phi) is 10.3. The zero-order chi connectivity index (χ0) is 28.2. The van der Waals surface area contributed by atoms with Crippen molar-refractivity contribution in [2.75, 3.05) is 0 Å². The molecule has 0 aliphatic rings. The predicted octanol–water partition coefficient (Wildman–Crippen LogP) is 7.23. The molecule has 0 spiro atoms. The largest absolute Gasteiger partial charge is 0.228 e. The van der Waals surface area contributed by atoms with Crippen LogP contribution in [-0.2, 0) is 0 Å². The molecule has 0 fully saturated rings. The summed E-state index contributed by atoms with van der Waals surface area (Å²) >= 11 is 0. The van der Waals surface area contributed by atoms with Gasteiger partial charge in [0.1, 0.15) is 51.8 Å². The van der Waals surface area contributed by atoms with Crippen molar-refractivity contribution in [2.45, 2.75) is 98.2 Å². The summed E-state index contributed by atoms with van der Waals surface area (Å²) in [6, 6.07) is 0. The summed E-state index contributed by atoms with van der Waals surface area (Å²) in [5, 5.41) is 0. The van der Waals surface area contributed by atoms with Gasteiger partial charge >= 0.3 is 0 Å². The number of nitrogens with zero attached hydrogens (tertiary/aromatic N) is 1. The minimum atomic E-state index is -1.66. The van der Waals surface area contributed by atoms with E-state index in [9.17, 15) is 0 Å². The highest BCUT2D eigenvalue weighted by Gasteiger charge is 2.20. The Morgan fingerprint density at radius 2 is 0.556 bits per heavy atom. The van der Waals surface area contributed by atoms with Crippen LogP contribution in [0.15, 0.2) is 0 Å². The fourth-order valence-electron chi connectivity index (χ4n) is 2.38. The monoisotopic (exact) mass is 559 g/mol. The molecule has 0 radical (unpaired) electrons. The van der Waals surface area contributed by atoms with Crippen molar-refractivity contribution >= 4 is 40.4 Å². The van der Waals surface area contributed by atoms with Gasteiger partial charge in [-0.1, -0.05) is 128 Å². The highest BCUT2D eigenvalue weighted by molar-refractivity contribution is 6.85.